The van der Waals surface area contributed by atoms with Crippen molar-refractivity contribution >= 4 is 5.78 Å². The summed E-state index contributed by atoms with van der Waals surface area (Å²) in [5.41, 5.74) is 2.07. The number of ether oxygens (including phenoxy) is 7. The van der Waals surface area contributed by atoms with Crippen LogP contribution in [-0.4, -0.2) is 63.6 Å². The van der Waals surface area contributed by atoms with Crippen molar-refractivity contribution in [3.8, 4) is 17.2 Å². The number of methoxy groups -OCH3 is 3. The topological polar surface area (TPSA) is 81.7 Å². The third-order valence-corrected chi connectivity index (χ3v) is 6.45. The number of aryl methyl sites for hydroxylation is 1. The summed E-state index contributed by atoms with van der Waals surface area (Å²) in [6, 6.07) is 11.0. The van der Waals surface area contributed by atoms with Crippen molar-refractivity contribution in [2.75, 3.05) is 27.9 Å². The lowest BCUT2D eigenvalue weighted by Gasteiger charge is -2.23. The smallest absolute Gasteiger partial charge is 0.203 e. The number of carbonyl (C=O) groups is 1. The zero-order valence-electron chi connectivity index (χ0n) is 22.1. The summed E-state index contributed by atoms with van der Waals surface area (Å²) >= 11 is 0. The molecule has 4 rings (SSSR count). The molecule has 8 nitrogen and oxygen atoms in total. The van der Waals surface area contributed by atoms with Crippen LogP contribution >= 0.6 is 0 Å². The molecule has 36 heavy (non-hydrogen) atoms. The molecule has 0 radical (unpaired) electrons. The fraction of sp³-hybridized carbons (Fsp3) is 0.536. The maximum Gasteiger partial charge on any atom is 0.203 e. The molecule has 8 heteroatoms. The normalized spacial score (nSPS) is 24.5. The Hall–Kier alpha value is -2.65. The zero-order chi connectivity index (χ0) is 26.1. The summed E-state index contributed by atoms with van der Waals surface area (Å²) in [7, 11) is 4.58. The molecule has 2 fully saturated rings. The molecule has 196 valence electrons. The van der Waals surface area contributed by atoms with E-state index >= 15 is 0 Å². The van der Waals surface area contributed by atoms with Crippen molar-refractivity contribution in [3.05, 3.63) is 53.1 Å². The molecule has 2 aliphatic heterocycles. The van der Waals surface area contributed by atoms with E-state index in [0.717, 1.165) is 12.0 Å². The second kappa shape index (κ2) is 10.4. The lowest BCUT2D eigenvalue weighted by molar-refractivity contribution is -0.174. The van der Waals surface area contributed by atoms with Gasteiger partial charge in [0, 0.05) is 11.1 Å². The molecular weight excluding hydrogens is 464 g/mol. The molecule has 0 aromatic heterocycles. The Balaban J connectivity index is 1.49. The summed E-state index contributed by atoms with van der Waals surface area (Å²) in [5, 5.41) is 0. The van der Waals surface area contributed by atoms with E-state index in [0.29, 0.717) is 41.4 Å². The lowest BCUT2D eigenvalue weighted by atomic mass is 9.97. The average Bonchev–Trinajstić information content (AvgIpc) is 3.38. The summed E-state index contributed by atoms with van der Waals surface area (Å²) in [4.78, 5) is 13.3. The van der Waals surface area contributed by atoms with Gasteiger partial charge in [0.05, 0.1) is 34.0 Å². The number of hydrogen-bond donors (Lipinski definition) is 0. The summed E-state index contributed by atoms with van der Waals surface area (Å²) < 4.78 is 40.4. The molecule has 0 N–H and O–H groups in total. The summed E-state index contributed by atoms with van der Waals surface area (Å²) in [6.45, 7) is 8.10. The predicted molar refractivity (Wildman–Crippen MR) is 133 cm³/mol. The Bertz CT molecular complexity index is 1070. The fourth-order valence-electron chi connectivity index (χ4n) is 4.83. The third kappa shape index (κ3) is 5.67. The molecule has 0 aliphatic carbocycles. The highest BCUT2D eigenvalue weighted by atomic mass is 16.8. The monoisotopic (exact) mass is 500 g/mol. The van der Waals surface area contributed by atoms with Gasteiger partial charge < -0.3 is 33.2 Å². The maximum atomic E-state index is 13.3. The van der Waals surface area contributed by atoms with Crippen LogP contribution in [0.15, 0.2) is 36.4 Å². The van der Waals surface area contributed by atoms with Crippen molar-refractivity contribution in [2.45, 2.75) is 70.4 Å². The Morgan fingerprint density at radius 2 is 1.58 bits per heavy atom. The Morgan fingerprint density at radius 3 is 2.17 bits per heavy atom. The molecule has 0 amide bonds. The van der Waals surface area contributed by atoms with Gasteiger partial charge in [0.15, 0.2) is 28.9 Å². The highest BCUT2D eigenvalue weighted by Gasteiger charge is 2.49. The van der Waals surface area contributed by atoms with Crippen molar-refractivity contribution in [3.63, 3.8) is 0 Å². The first kappa shape index (κ1) is 26.4. The average molecular weight is 501 g/mol. The summed E-state index contributed by atoms with van der Waals surface area (Å²) in [6.07, 6.45) is 0.854. The van der Waals surface area contributed by atoms with E-state index in [1.54, 1.807) is 12.1 Å². The molecule has 0 bridgehead atoms. The molecule has 2 saturated heterocycles. The number of hydrogen-bond acceptors (Lipinski definition) is 8. The van der Waals surface area contributed by atoms with Crippen molar-refractivity contribution in [1.82, 2.24) is 0 Å². The van der Waals surface area contributed by atoms with Crippen molar-refractivity contribution in [1.29, 1.82) is 0 Å². The SMILES string of the molecule is COc1cc(C(=O)c2cccc(CC[C@H]3OC(C)(C)O[C@@H]3[C@H]3COC(C)(C)O3)c2)cc(OC)c1OC. The van der Waals surface area contributed by atoms with Crippen LogP contribution in [0.2, 0.25) is 0 Å². The minimum absolute atomic E-state index is 0.130. The van der Waals surface area contributed by atoms with E-state index in [-0.39, 0.29) is 24.1 Å². The maximum absolute atomic E-state index is 13.3. The zero-order valence-corrected chi connectivity index (χ0v) is 22.1. The van der Waals surface area contributed by atoms with E-state index in [9.17, 15) is 4.79 Å². The van der Waals surface area contributed by atoms with E-state index in [1.165, 1.54) is 21.3 Å². The Labute approximate surface area is 212 Å². The van der Waals surface area contributed by atoms with E-state index in [1.807, 2.05) is 52.0 Å². The van der Waals surface area contributed by atoms with Gasteiger partial charge in [0.25, 0.3) is 0 Å². The largest absolute Gasteiger partial charge is 0.493 e. The van der Waals surface area contributed by atoms with Crippen LogP contribution < -0.4 is 14.2 Å². The highest BCUT2D eigenvalue weighted by Crippen LogP contribution is 2.39. The van der Waals surface area contributed by atoms with Gasteiger partial charge in [-0.1, -0.05) is 18.2 Å². The summed E-state index contributed by atoms with van der Waals surface area (Å²) in [5.74, 6) is -0.145. The molecule has 0 saturated carbocycles. The second-order valence-corrected chi connectivity index (χ2v) is 9.99. The molecule has 2 aromatic carbocycles. The highest BCUT2D eigenvalue weighted by molar-refractivity contribution is 6.09. The fourth-order valence-corrected chi connectivity index (χ4v) is 4.83. The van der Waals surface area contributed by atoms with Crippen LogP contribution in [0.5, 0.6) is 17.2 Å². The second-order valence-electron chi connectivity index (χ2n) is 9.99. The van der Waals surface area contributed by atoms with Crippen LogP contribution in [-0.2, 0) is 25.4 Å². The van der Waals surface area contributed by atoms with Gasteiger partial charge in [-0.05, 0) is 64.3 Å². The quantitative estimate of drug-likeness (QED) is 0.464. The first-order valence-corrected chi connectivity index (χ1v) is 12.2. The van der Waals surface area contributed by atoms with Gasteiger partial charge >= 0.3 is 0 Å². The minimum Gasteiger partial charge on any atom is -0.493 e. The Kier molecular flexibility index (Phi) is 7.61. The number of carbonyl (C=O) groups excluding carboxylic acids is 1. The molecule has 0 unspecified atom stereocenters. The number of ketones is 1. The molecule has 2 aromatic rings. The van der Waals surface area contributed by atoms with Gasteiger partial charge in [-0.3, -0.25) is 4.79 Å². The number of benzene rings is 2. The van der Waals surface area contributed by atoms with Crippen LogP contribution in [0.25, 0.3) is 0 Å². The van der Waals surface area contributed by atoms with E-state index < -0.39 is 11.6 Å². The number of rotatable bonds is 9. The van der Waals surface area contributed by atoms with Crippen molar-refractivity contribution < 1.29 is 38.0 Å². The Morgan fingerprint density at radius 1 is 0.889 bits per heavy atom. The van der Waals surface area contributed by atoms with Gasteiger partial charge in [0.1, 0.15) is 12.2 Å². The molecule has 0 spiro atoms. The standard InChI is InChI=1S/C28H36O8/c1-27(2)33-16-23(35-27)26-20(34-28(3,4)36-26)12-11-17-9-8-10-18(13-17)24(29)19-14-21(30-5)25(32-7)22(15-19)31-6/h8-10,13-15,20,23,26H,11-12,16H2,1-7H3/t20-,23-,26+/m1/s1. The van der Waals surface area contributed by atoms with Crippen LogP contribution in [0.4, 0.5) is 0 Å². The van der Waals surface area contributed by atoms with E-state index in [2.05, 4.69) is 0 Å². The lowest BCUT2D eigenvalue weighted by Crippen LogP contribution is -2.38. The molecule has 3 atom stereocenters. The van der Waals surface area contributed by atoms with Gasteiger partial charge in [-0.15, -0.1) is 0 Å². The van der Waals surface area contributed by atoms with Gasteiger partial charge in [-0.2, -0.15) is 0 Å². The van der Waals surface area contributed by atoms with Crippen LogP contribution in [0.3, 0.4) is 0 Å². The van der Waals surface area contributed by atoms with Gasteiger partial charge in [0.2, 0.25) is 5.75 Å². The molecule has 2 aliphatic rings. The van der Waals surface area contributed by atoms with Crippen LogP contribution in [0.1, 0.15) is 55.6 Å². The van der Waals surface area contributed by atoms with Crippen molar-refractivity contribution in [2.24, 2.45) is 0 Å². The first-order valence-electron chi connectivity index (χ1n) is 12.2. The minimum atomic E-state index is -0.699. The first-order chi connectivity index (χ1) is 17.1. The molecule has 2 heterocycles. The molecular formula is C28H36O8. The third-order valence-electron chi connectivity index (χ3n) is 6.45. The van der Waals surface area contributed by atoms with Gasteiger partial charge in [-0.25, -0.2) is 0 Å². The predicted octanol–water partition coefficient (Wildman–Crippen LogP) is 4.55. The van der Waals surface area contributed by atoms with Crippen LogP contribution in [0, 0.1) is 0 Å². The van der Waals surface area contributed by atoms with E-state index in [4.69, 9.17) is 33.2 Å².